The normalized spacial score (nSPS) is 19.6. The molecule has 1 fully saturated rings. The molecule has 0 spiro atoms. The Bertz CT molecular complexity index is 608. The third-order valence-corrected chi connectivity index (χ3v) is 3.39. The molecule has 1 aromatic carbocycles. The lowest BCUT2D eigenvalue weighted by molar-refractivity contribution is 0.0711. The molecule has 98 valence electrons. The lowest BCUT2D eigenvalue weighted by Gasteiger charge is -2.32. The molecule has 1 atom stereocenters. The van der Waals surface area contributed by atoms with Crippen LogP contribution in [-0.2, 0) is 0 Å². The highest BCUT2D eigenvalue weighted by Gasteiger charge is 2.23. The summed E-state index contributed by atoms with van der Waals surface area (Å²) in [7, 11) is 0. The van der Waals surface area contributed by atoms with Gasteiger partial charge >= 0.3 is 0 Å². The third-order valence-electron chi connectivity index (χ3n) is 3.39. The van der Waals surface area contributed by atoms with E-state index in [2.05, 4.69) is 22.2 Å². The molecule has 1 saturated heterocycles. The number of aromatic nitrogens is 2. The number of nitrogens with one attached hydrogen (secondary N) is 1. The van der Waals surface area contributed by atoms with E-state index < -0.39 is 0 Å². The molecule has 1 N–H and O–H groups in total. The Kier molecular flexibility index (Phi) is 3.13. The van der Waals surface area contributed by atoms with E-state index in [0.29, 0.717) is 17.1 Å². The molecular weight excluding hydrogens is 240 g/mol. The predicted octanol–water partition coefficient (Wildman–Crippen LogP) is 1.06. The number of benzene rings is 1. The molecule has 0 unspecified atom stereocenters. The zero-order valence-electron chi connectivity index (χ0n) is 10.8. The number of carbonyl (C=O) groups is 1. The van der Waals surface area contributed by atoms with Crippen molar-refractivity contribution in [1.29, 1.82) is 0 Å². The molecule has 2 aromatic rings. The number of rotatable bonds is 1. The van der Waals surface area contributed by atoms with E-state index in [1.807, 2.05) is 23.1 Å². The van der Waals surface area contributed by atoms with Crippen molar-refractivity contribution in [2.24, 2.45) is 0 Å². The van der Waals surface area contributed by atoms with Crippen LogP contribution in [0.3, 0.4) is 0 Å². The first-order valence-corrected chi connectivity index (χ1v) is 6.48. The first-order valence-electron chi connectivity index (χ1n) is 6.48. The highest BCUT2D eigenvalue weighted by molar-refractivity contribution is 6.04. The van der Waals surface area contributed by atoms with Crippen LogP contribution in [0.2, 0.25) is 0 Å². The second-order valence-electron chi connectivity index (χ2n) is 4.84. The van der Waals surface area contributed by atoms with Crippen molar-refractivity contribution in [3.8, 4) is 0 Å². The van der Waals surface area contributed by atoms with E-state index in [9.17, 15) is 4.79 Å². The molecule has 3 rings (SSSR count). The molecule has 1 amide bonds. The fourth-order valence-corrected chi connectivity index (χ4v) is 2.45. The number of para-hydroxylation sites is 1. The molecule has 5 nitrogen and oxygen atoms in total. The topological polar surface area (TPSA) is 58.1 Å². The van der Waals surface area contributed by atoms with Crippen LogP contribution in [0.15, 0.2) is 30.6 Å². The average molecular weight is 256 g/mol. The van der Waals surface area contributed by atoms with Crippen molar-refractivity contribution in [3.63, 3.8) is 0 Å². The van der Waals surface area contributed by atoms with Gasteiger partial charge in [-0.15, -0.1) is 0 Å². The van der Waals surface area contributed by atoms with Crippen molar-refractivity contribution in [2.45, 2.75) is 13.0 Å². The van der Waals surface area contributed by atoms with E-state index in [4.69, 9.17) is 0 Å². The smallest absolute Gasteiger partial charge is 0.256 e. The van der Waals surface area contributed by atoms with Gasteiger partial charge in [0.25, 0.3) is 5.91 Å². The Morgan fingerprint density at radius 1 is 1.37 bits per heavy atom. The molecule has 0 radical (unpaired) electrons. The van der Waals surface area contributed by atoms with Gasteiger partial charge in [-0.05, 0) is 19.1 Å². The predicted molar refractivity (Wildman–Crippen MR) is 72.9 cm³/mol. The van der Waals surface area contributed by atoms with Gasteiger partial charge in [0, 0.05) is 38.1 Å². The van der Waals surface area contributed by atoms with E-state index >= 15 is 0 Å². The summed E-state index contributed by atoms with van der Waals surface area (Å²) in [4.78, 5) is 23.0. The highest BCUT2D eigenvalue weighted by atomic mass is 16.2. The van der Waals surface area contributed by atoms with Crippen LogP contribution in [0.25, 0.3) is 11.0 Å². The largest absolute Gasteiger partial charge is 0.336 e. The zero-order chi connectivity index (χ0) is 13.2. The number of carbonyl (C=O) groups excluding carboxylic acids is 1. The molecule has 1 aliphatic rings. The SMILES string of the molecule is C[C@H]1CN(C(=O)c2cccc3nccnc23)CCN1. The van der Waals surface area contributed by atoms with Crippen LogP contribution in [0, 0.1) is 0 Å². The summed E-state index contributed by atoms with van der Waals surface area (Å²) < 4.78 is 0. The van der Waals surface area contributed by atoms with Crippen LogP contribution in [0.4, 0.5) is 0 Å². The van der Waals surface area contributed by atoms with E-state index in [1.54, 1.807) is 12.4 Å². The molecule has 0 bridgehead atoms. The van der Waals surface area contributed by atoms with E-state index in [-0.39, 0.29) is 5.91 Å². The second-order valence-corrected chi connectivity index (χ2v) is 4.84. The van der Waals surface area contributed by atoms with Crippen molar-refractivity contribution in [3.05, 3.63) is 36.2 Å². The van der Waals surface area contributed by atoms with Crippen LogP contribution >= 0.6 is 0 Å². The number of hydrogen-bond acceptors (Lipinski definition) is 4. The molecule has 0 aliphatic carbocycles. The van der Waals surface area contributed by atoms with Gasteiger partial charge in [0.05, 0.1) is 11.1 Å². The second kappa shape index (κ2) is 4.93. The van der Waals surface area contributed by atoms with E-state index in [1.165, 1.54) is 0 Å². The lowest BCUT2D eigenvalue weighted by atomic mass is 10.1. The Hall–Kier alpha value is -2.01. The van der Waals surface area contributed by atoms with Gasteiger partial charge in [-0.1, -0.05) is 6.07 Å². The maximum Gasteiger partial charge on any atom is 0.256 e. The minimum absolute atomic E-state index is 0.0412. The Morgan fingerprint density at radius 3 is 3.05 bits per heavy atom. The van der Waals surface area contributed by atoms with Gasteiger partial charge in [0.2, 0.25) is 0 Å². The van der Waals surface area contributed by atoms with Gasteiger partial charge in [-0.3, -0.25) is 14.8 Å². The minimum atomic E-state index is 0.0412. The summed E-state index contributed by atoms with van der Waals surface area (Å²) in [5.74, 6) is 0.0412. The number of piperazine rings is 1. The van der Waals surface area contributed by atoms with Gasteiger partial charge in [-0.2, -0.15) is 0 Å². The van der Waals surface area contributed by atoms with Gasteiger partial charge < -0.3 is 10.2 Å². The molecule has 1 aromatic heterocycles. The quantitative estimate of drug-likeness (QED) is 0.829. The first kappa shape index (κ1) is 12.0. The Labute approximate surface area is 111 Å². The fraction of sp³-hybridized carbons (Fsp3) is 0.357. The third kappa shape index (κ3) is 2.29. The average Bonchev–Trinajstić information content (AvgIpc) is 2.46. The zero-order valence-corrected chi connectivity index (χ0v) is 10.8. The van der Waals surface area contributed by atoms with Crippen molar-refractivity contribution >= 4 is 16.9 Å². The molecule has 2 heterocycles. The number of hydrogen-bond donors (Lipinski definition) is 1. The standard InChI is InChI=1S/C14H16N4O/c1-10-9-18(8-7-15-10)14(19)11-3-2-4-12-13(11)17-6-5-16-12/h2-6,10,15H,7-9H2,1H3/t10-/m0/s1. The summed E-state index contributed by atoms with van der Waals surface area (Å²) in [5.41, 5.74) is 2.08. The number of nitrogens with zero attached hydrogens (tertiary/aromatic N) is 3. The van der Waals surface area contributed by atoms with Gasteiger partial charge in [0.15, 0.2) is 0 Å². The molecule has 0 saturated carbocycles. The maximum absolute atomic E-state index is 12.6. The summed E-state index contributed by atoms with van der Waals surface area (Å²) in [6.07, 6.45) is 3.27. The summed E-state index contributed by atoms with van der Waals surface area (Å²) in [5, 5.41) is 3.33. The molecule has 19 heavy (non-hydrogen) atoms. The van der Waals surface area contributed by atoms with Gasteiger partial charge in [-0.25, -0.2) is 0 Å². The summed E-state index contributed by atoms with van der Waals surface area (Å²) >= 11 is 0. The monoisotopic (exact) mass is 256 g/mol. The van der Waals surface area contributed by atoms with E-state index in [0.717, 1.165) is 25.2 Å². The van der Waals surface area contributed by atoms with Crippen LogP contribution in [0.5, 0.6) is 0 Å². The Morgan fingerprint density at radius 2 is 2.21 bits per heavy atom. The fourth-order valence-electron chi connectivity index (χ4n) is 2.45. The number of amides is 1. The van der Waals surface area contributed by atoms with Crippen molar-refractivity contribution < 1.29 is 4.79 Å². The molecule has 1 aliphatic heterocycles. The maximum atomic E-state index is 12.6. The van der Waals surface area contributed by atoms with Crippen LogP contribution < -0.4 is 5.32 Å². The van der Waals surface area contributed by atoms with Crippen LogP contribution in [0.1, 0.15) is 17.3 Å². The van der Waals surface area contributed by atoms with Crippen LogP contribution in [-0.4, -0.2) is 46.5 Å². The van der Waals surface area contributed by atoms with Crippen molar-refractivity contribution in [2.75, 3.05) is 19.6 Å². The minimum Gasteiger partial charge on any atom is -0.336 e. The summed E-state index contributed by atoms with van der Waals surface area (Å²) in [6, 6.07) is 5.89. The van der Waals surface area contributed by atoms with Gasteiger partial charge in [0.1, 0.15) is 5.52 Å². The first-order chi connectivity index (χ1) is 9.25. The summed E-state index contributed by atoms with van der Waals surface area (Å²) in [6.45, 7) is 4.39. The molecular formula is C14H16N4O. The van der Waals surface area contributed by atoms with Crippen molar-refractivity contribution in [1.82, 2.24) is 20.2 Å². The molecule has 5 heteroatoms. The highest BCUT2D eigenvalue weighted by Crippen LogP contribution is 2.16. The number of fused-ring (bicyclic) bond motifs is 1. The lowest BCUT2D eigenvalue weighted by Crippen LogP contribution is -2.51. The Balaban J connectivity index is 1.97.